The first-order valence-corrected chi connectivity index (χ1v) is 11.7. The van der Waals surface area contributed by atoms with Gasteiger partial charge in [-0.25, -0.2) is 0 Å². The van der Waals surface area contributed by atoms with Crippen LogP contribution in [-0.2, 0) is 11.2 Å². The molecule has 1 atom stereocenters. The summed E-state index contributed by atoms with van der Waals surface area (Å²) in [6, 6.07) is 8.32. The van der Waals surface area contributed by atoms with Gasteiger partial charge in [0, 0.05) is 65.0 Å². The molecule has 1 unspecified atom stereocenters. The summed E-state index contributed by atoms with van der Waals surface area (Å²) >= 11 is 0. The Morgan fingerprint density at radius 1 is 1.25 bits per heavy atom. The van der Waals surface area contributed by atoms with Crippen LogP contribution in [0.15, 0.2) is 29.3 Å². The number of nitrogens with zero attached hydrogens (tertiary/aromatic N) is 3. The van der Waals surface area contributed by atoms with Crippen molar-refractivity contribution in [3.05, 3.63) is 35.4 Å². The van der Waals surface area contributed by atoms with Crippen molar-refractivity contribution in [1.29, 1.82) is 0 Å². The van der Waals surface area contributed by atoms with E-state index in [0.29, 0.717) is 12.6 Å². The molecular formula is C24H40IN5O2. The van der Waals surface area contributed by atoms with Crippen LogP contribution in [0.3, 0.4) is 0 Å². The molecule has 0 spiro atoms. The molecule has 1 amide bonds. The third-order valence-electron chi connectivity index (χ3n) is 6.06. The summed E-state index contributed by atoms with van der Waals surface area (Å²) in [6.07, 6.45) is 4.31. The van der Waals surface area contributed by atoms with Crippen molar-refractivity contribution in [1.82, 2.24) is 20.4 Å². The van der Waals surface area contributed by atoms with E-state index in [1.54, 1.807) is 19.0 Å². The molecule has 2 aliphatic rings. The fourth-order valence-corrected chi connectivity index (χ4v) is 4.28. The lowest BCUT2D eigenvalue weighted by Crippen LogP contribution is -2.49. The van der Waals surface area contributed by atoms with Crippen molar-refractivity contribution in [3.63, 3.8) is 0 Å². The van der Waals surface area contributed by atoms with Crippen LogP contribution in [0.5, 0.6) is 0 Å². The highest BCUT2D eigenvalue weighted by atomic mass is 127. The third-order valence-corrected chi connectivity index (χ3v) is 6.06. The second-order valence-electron chi connectivity index (χ2n) is 8.86. The summed E-state index contributed by atoms with van der Waals surface area (Å²) < 4.78 is 5.52. The molecule has 1 aromatic rings. The van der Waals surface area contributed by atoms with Crippen LogP contribution in [0.1, 0.15) is 42.1 Å². The molecular weight excluding hydrogens is 517 g/mol. The maximum absolute atomic E-state index is 12.2. The van der Waals surface area contributed by atoms with Crippen molar-refractivity contribution in [2.75, 3.05) is 60.0 Å². The highest BCUT2D eigenvalue weighted by molar-refractivity contribution is 14.0. The number of rotatable bonds is 8. The minimum Gasteiger partial charge on any atom is -0.381 e. The van der Waals surface area contributed by atoms with E-state index in [4.69, 9.17) is 9.73 Å². The number of ether oxygens (including phenoxy) is 1. The van der Waals surface area contributed by atoms with Crippen molar-refractivity contribution in [2.24, 2.45) is 10.9 Å². The van der Waals surface area contributed by atoms with Gasteiger partial charge in [-0.2, -0.15) is 0 Å². The zero-order valence-corrected chi connectivity index (χ0v) is 22.1. The topological polar surface area (TPSA) is 69.2 Å². The van der Waals surface area contributed by atoms with Crippen LogP contribution in [0.4, 0.5) is 0 Å². The molecule has 0 radical (unpaired) electrons. The average molecular weight is 558 g/mol. The number of halogens is 1. The zero-order chi connectivity index (χ0) is 22.1. The predicted octanol–water partition coefficient (Wildman–Crippen LogP) is 2.60. The maximum Gasteiger partial charge on any atom is 0.253 e. The van der Waals surface area contributed by atoms with Gasteiger partial charge in [-0.1, -0.05) is 12.1 Å². The van der Waals surface area contributed by atoms with Gasteiger partial charge < -0.3 is 25.2 Å². The molecule has 1 aromatic carbocycles. The summed E-state index contributed by atoms with van der Waals surface area (Å²) in [6.45, 7) is 8.95. The average Bonchev–Trinajstić information content (AvgIpc) is 3.28. The number of benzene rings is 1. The molecule has 7 nitrogen and oxygen atoms in total. The van der Waals surface area contributed by atoms with E-state index in [1.807, 2.05) is 18.2 Å². The highest BCUT2D eigenvalue weighted by Crippen LogP contribution is 2.17. The van der Waals surface area contributed by atoms with Gasteiger partial charge in [0.05, 0.1) is 6.61 Å². The maximum atomic E-state index is 12.2. The molecule has 0 aromatic heterocycles. The number of amides is 1. The number of likely N-dealkylation sites (tertiary alicyclic amines) is 1. The first kappa shape index (κ1) is 26.9. The first-order chi connectivity index (χ1) is 15.0. The molecule has 32 heavy (non-hydrogen) atoms. The van der Waals surface area contributed by atoms with E-state index in [-0.39, 0.29) is 29.9 Å². The number of carbonyl (C=O) groups excluding carboxylic acids is 1. The smallest absolute Gasteiger partial charge is 0.253 e. The van der Waals surface area contributed by atoms with E-state index in [9.17, 15) is 4.79 Å². The van der Waals surface area contributed by atoms with Crippen molar-refractivity contribution in [2.45, 2.75) is 38.6 Å². The highest BCUT2D eigenvalue weighted by Gasteiger charge is 2.24. The Kier molecular flexibility index (Phi) is 11.7. The predicted molar refractivity (Wildman–Crippen MR) is 141 cm³/mol. The van der Waals surface area contributed by atoms with E-state index < -0.39 is 0 Å². The van der Waals surface area contributed by atoms with Crippen LogP contribution < -0.4 is 10.6 Å². The molecule has 0 bridgehead atoms. The van der Waals surface area contributed by atoms with Crippen LogP contribution in [0, 0.1) is 5.92 Å². The second-order valence-corrected chi connectivity index (χ2v) is 8.86. The monoisotopic (exact) mass is 557 g/mol. The Morgan fingerprint density at radius 3 is 2.69 bits per heavy atom. The SMILES string of the molecule is CCNC(=NCCc1cccc(C(=O)N(C)C)c1)NC1CCN(CC2CCOC2)CC1.I. The van der Waals surface area contributed by atoms with Gasteiger partial charge in [0.2, 0.25) is 0 Å². The van der Waals surface area contributed by atoms with E-state index in [0.717, 1.165) is 75.1 Å². The first-order valence-electron chi connectivity index (χ1n) is 11.7. The molecule has 2 aliphatic heterocycles. The Labute approximate surface area is 210 Å². The number of guanidine groups is 1. The van der Waals surface area contributed by atoms with Crippen LogP contribution in [-0.4, -0.2) is 87.7 Å². The van der Waals surface area contributed by atoms with Crippen molar-refractivity contribution >= 4 is 35.8 Å². The number of piperidine rings is 1. The van der Waals surface area contributed by atoms with Gasteiger partial charge in [-0.3, -0.25) is 9.79 Å². The van der Waals surface area contributed by atoms with E-state index >= 15 is 0 Å². The largest absolute Gasteiger partial charge is 0.381 e. The van der Waals surface area contributed by atoms with Gasteiger partial charge in [-0.15, -0.1) is 24.0 Å². The van der Waals surface area contributed by atoms with Gasteiger partial charge in [0.25, 0.3) is 5.91 Å². The number of carbonyl (C=O) groups is 1. The molecule has 8 heteroatoms. The number of aliphatic imine (C=N–C) groups is 1. The second kappa shape index (κ2) is 14.0. The van der Waals surface area contributed by atoms with Gasteiger partial charge in [-0.05, 0) is 56.2 Å². The fourth-order valence-electron chi connectivity index (χ4n) is 4.28. The molecule has 0 aliphatic carbocycles. The minimum absolute atomic E-state index is 0. The lowest BCUT2D eigenvalue weighted by Gasteiger charge is -2.34. The molecule has 0 saturated carbocycles. The summed E-state index contributed by atoms with van der Waals surface area (Å²) in [5, 5.41) is 7.01. The Balaban J connectivity index is 0.00000363. The summed E-state index contributed by atoms with van der Waals surface area (Å²) in [4.78, 5) is 21.2. The van der Waals surface area contributed by atoms with Gasteiger partial charge >= 0.3 is 0 Å². The summed E-state index contributed by atoms with van der Waals surface area (Å²) in [5.74, 6) is 1.65. The lowest BCUT2D eigenvalue weighted by molar-refractivity contribution is 0.0827. The van der Waals surface area contributed by atoms with E-state index in [2.05, 4.69) is 28.5 Å². The normalized spacial score (nSPS) is 20.0. The number of hydrogen-bond acceptors (Lipinski definition) is 4. The molecule has 2 heterocycles. The van der Waals surface area contributed by atoms with Crippen LogP contribution in [0.25, 0.3) is 0 Å². The van der Waals surface area contributed by atoms with Gasteiger partial charge in [0.15, 0.2) is 5.96 Å². The van der Waals surface area contributed by atoms with Crippen LogP contribution in [0.2, 0.25) is 0 Å². The fraction of sp³-hybridized carbons (Fsp3) is 0.667. The summed E-state index contributed by atoms with van der Waals surface area (Å²) in [7, 11) is 3.56. The standard InChI is InChI=1S/C24H39N5O2.HI/c1-4-25-24(26-12-8-19-6-5-7-21(16-19)23(30)28(2)3)27-22-9-13-29(14-10-22)17-20-11-15-31-18-20;/h5-7,16,20,22H,4,8-15,17-18H2,1-3H3,(H2,25,26,27);1H. The minimum atomic E-state index is 0. The van der Waals surface area contributed by atoms with Crippen molar-refractivity contribution < 1.29 is 9.53 Å². The molecule has 180 valence electrons. The Hall–Kier alpha value is -1.39. The number of hydrogen-bond donors (Lipinski definition) is 2. The van der Waals surface area contributed by atoms with E-state index in [1.165, 1.54) is 13.0 Å². The molecule has 3 rings (SSSR count). The Bertz CT molecular complexity index is 729. The van der Waals surface area contributed by atoms with Crippen molar-refractivity contribution in [3.8, 4) is 0 Å². The summed E-state index contributed by atoms with van der Waals surface area (Å²) in [5.41, 5.74) is 1.86. The zero-order valence-electron chi connectivity index (χ0n) is 19.8. The third kappa shape index (κ3) is 8.51. The molecule has 2 fully saturated rings. The van der Waals surface area contributed by atoms with Gasteiger partial charge in [0.1, 0.15) is 0 Å². The Morgan fingerprint density at radius 2 is 2.03 bits per heavy atom. The number of nitrogens with one attached hydrogen (secondary N) is 2. The molecule has 2 N–H and O–H groups in total. The lowest BCUT2D eigenvalue weighted by atomic mass is 10.0. The molecule has 2 saturated heterocycles. The van der Waals surface area contributed by atoms with Crippen LogP contribution >= 0.6 is 24.0 Å². The quantitative estimate of drug-likeness (QED) is 0.292.